The van der Waals surface area contributed by atoms with Gasteiger partial charge in [-0.1, -0.05) is 19.1 Å². The number of allylic oxidation sites excluding steroid dienone is 1. The Labute approximate surface area is 136 Å². The number of hydrogen-bond donors (Lipinski definition) is 0. The first kappa shape index (κ1) is 13.1. The van der Waals surface area contributed by atoms with Gasteiger partial charge in [0.1, 0.15) is 0 Å². The zero-order valence-electron chi connectivity index (χ0n) is 14.3. The third-order valence-corrected chi connectivity index (χ3v) is 10.1. The average molecular weight is 296 g/mol. The molecule has 0 nitrogen and oxygen atoms in total. The Morgan fingerprint density at radius 1 is 0.727 bits per heavy atom. The first-order valence-electron chi connectivity index (χ1n) is 10.3. The van der Waals surface area contributed by atoms with Crippen molar-refractivity contribution in [3.8, 4) is 0 Å². The summed E-state index contributed by atoms with van der Waals surface area (Å²) < 4.78 is 0. The lowest BCUT2D eigenvalue weighted by atomic mass is 9.32. The van der Waals surface area contributed by atoms with Crippen LogP contribution in [0.1, 0.15) is 71.1 Å². The molecule has 0 aromatic rings. The predicted molar refractivity (Wildman–Crippen MR) is 90.3 cm³/mol. The third-order valence-electron chi connectivity index (χ3n) is 10.1. The van der Waals surface area contributed by atoms with E-state index in [0.29, 0.717) is 10.8 Å². The minimum atomic E-state index is 0.574. The highest BCUT2D eigenvalue weighted by atomic mass is 14.7. The van der Waals surface area contributed by atoms with Crippen molar-refractivity contribution >= 4 is 0 Å². The van der Waals surface area contributed by atoms with E-state index in [4.69, 9.17) is 6.58 Å². The van der Waals surface area contributed by atoms with Gasteiger partial charge in [0.25, 0.3) is 0 Å². The van der Waals surface area contributed by atoms with Gasteiger partial charge in [0.05, 0.1) is 0 Å². The summed E-state index contributed by atoms with van der Waals surface area (Å²) in [5.41, 5.74) is 2.97. The highest BCUT2D eigenvalue weighted by molar-refractivity contribution is 5.30. The summed E-state index contributed by atoms with van der Waals surface area (Å²) in [5, 5.41) is 0. The van der Waals surface area contributed by atoms with Gasteiger partial charge in [-0.05, 0) is 116 Å². The number of hydrogen-bond acceptors (Lipinski definition) is 0. The van der Waals surface area contributed by atoms with Crippen molar-refractivity contribution in [3.63, 3.8) is 0 Å². The van der Waals surface area contributed by atoms with E-state index >= 15 is 0 Å². The van der Waals surface area contributed by atoms with E-state index in [1.54, 1.807) is 44.1 Å². The molecule has 4 atom stereocenters. The quantitative estimate of drug-likeness (QED) is 0.534. The van der Waals surface area contributed by atoms with Crippen LogP contribution in [0.3, 0.4) is 0 Å². The molecule has 120 valence electrons. The van der Waals surface area contributed by atoms with E-state index in [2.05, 4.69) is 6.92 Å². The fraction of sp³-hybridized carbons (Fsp3) is 0.909. The SMILES string of the molecule is C=C1C2C[C@@H]3C[C@H](C2)CC1(C1(C)C2CC4CC(C2)CC1C4)C3. The van der Waals surface area contributed by atoms with Crippen molar-refractivity contribution in [1.29, 1.82) is 0 Å². The van der Waals surface area contributed by atoms with Gasteiger partial charge in [-0.3, -0.25) is 0 Å². The van der Waals surface area contributed by atoms with Crippen molar-refractivity contribution in [1.82, 2.24) is 0 Å². The van der Waals surface area contributed by atoms with Crippen LogP contribution in [0.2, 0.25) is 0 Å². The van der Waals surface area contributed by atoms with Gasteiger partial charge in [-0.2, -0.15) is 0 Å². The molecule has 0 N–H and O–H groups in total. The smallest absolute Gasteiger partial charge is 0.00237 e. The third kappa shape index (κ3) is 1.31. The van der Waals surface area contributed by atoms with Crippen molar-refractivity contribution in [2.24, 2.45) is 52.3 Å². The van der Waals surface area contributed by atoms with Gasteiger partial charge in [0.2, 0.25) is 0 Å². The topological polar surface area (TPSA) is 0 Å². The summed E-state index contributed by atoms with van der Waals surface area (Å²) in [6.07, 6.45) is 15.6. The van der Waals surface area contributed by atoms with Gasteiger partial charge in [0.15, 0.2) is 0 Å². The van der Waals surface area contributed by atoms with Crippen molar-refractivity contribution in [2.45, 2.75) is 71.1 Å². The maximum atomic E-state index is 4.80. The molecular formula is C22H32. The van der Waals surface area contributed by atoms with E-state index in [0.717, 1.165) is 41.4 Å². The van der Waals surface area contributed by atoms with E-state index in [9.17, 15) is 0 Å². The molecule has 0 saturated heterocycles. The lowest BCUT2D eigenvalue weighted by Crippen LogP contribution is -2.64. The molecule has 2 unspecified atom stereocenters. The Hall–Kier alpha value is -0.260. The second-order valence-electron chi connectivity index (χ2n) is 10.7. The number of rotatable bonds is 1. The van der Waals surface area contributed by atoms with Crippen LogP contribution in [-0.4, -0.2) is 0 Å². The fourth-order valence-electron chi connectivity index (χ4n) is 9.64. The molecule has 8 fully saturated rings. The van der Waals surface area contributed by atoms with Crippen molar-refractivity contribution in [3.05, 3.63) is 12.2 Å². The van der Waals surface area contributed by atoms with Crippen LogP contribution in [0.5, 0.6) is 0 Å². The standard InChI is InChI=1S/C22H32/c1-13-18-5-16-4-17(6-18)12-22(13,11-16)21(2)19-7-14-3-15(9-19)10-20(21)8-14/h14-20H,1,3-12H2,2H3/t14?,15?,16-,17+,18?,19?,20?,21?,22?. The van der Waals surface area contributed by atoms with Crippen LogP contribution in [0.15, 0.2) is 12.2 Å². The fourth-order valence-corrected chi connectivity index (χ4v) is 9.64. The molecule has 8 saturated carbocycles. The minimum absolute atomic E-state index is 0.574. The summed E-state index contributed by atoms with van der Waals surface area (Å²) in [4.78, 5) is 0. The first-order chi connectivity index (χ1) is 10.6. The summed E-state index contributed by atoms with van der Waals surface area (Å²) >= 11 is 0. The van der Waals surface area contributed by atoms with Gasteiger partial charge in [0, 0.05) is 0 Å². The molecular weight excluding hydrogens is 264 g/mol. The molecule has 8 aliphatic rings. The summed E-state index contributed by atoms with van der Waals surface area (Å²) in [6.45, 7) is 7.58. The average Bonchev–Trinajstić information content (AvgIpc) is 2.48. The zero-order valence-corrected chi connectivity index (χ0v) is 14.3. The Kier molecular flexibility index (Phi) is 2.30. The molecule has 0 heteroatoms. The maximum Gasteiger partial charge on any atom is -0.00237 e. The van der Waals surface area contributed by atoms with Crippen LogP contribution in [-0.2, 0) is 0 Å². The highest BCUT2D eigenvalue weighted by Crippen LogP contribution is 2.76. The Balaban J connectivity index is 1.49. The monoisotopic (exact) mass is 296 g/mol. The lowest BCUT2D eigenvalue weighted by Gasteiger charge is -2.72. The van der Waals surface area contributed by atoms with Crippen LogP contribution in [0.4, 0.5) is 0 Å². The van der Waals surface area contributed by atoms with Crippen molar-refractivity contribution in [2.75, 3.05) is 0 Å². The summed E-state index contributed by atoms with van der Waals surface area (Å²) in [7, 11) is 0. The molecule has 8 bridgehead atoms. The molecule has 0 radical (unpaired) electrons. The largest absolute Gasteiger partial charge is 0.0990 e. The maximum absolute atomic E-state index is 4.80. The van der Waals surface area contributed by atoms with E-state index in [1.807, 2.05) is 0 Å². The molecule has 0 heterocycles. The molecule has 0 aromatic carbocycles. The van der Waals surface area contributed by atoms with Gasteiger partial charge in [-0.15, -0.1) is 0 Å². The van der Waals surface area contributed by atoms with Crippen LogP contribution >= 0.6 is 0 Å². The van der Waals surface area contributed by atoms with Gasteiger partial charge in [-0.25, -0.2) is 0 Å². The van der Waals surface area contributed by atoms with Crippen LogP contribution in [0.25, 0.3) is 0 Å². The minimum Gasteiger partial charge on any atom is -0.0990 e. The molecule has 22 heavy (non-hydrogen) atoms. The lowest BCUT2D eigenvalue weighted by molar-refractivity contribution is -0.197. The molecule has 8 rings (SSSR count). The van der Waals surface area contributed by atoms with Crippen LogP contribution in [0, 0.1) is 52.3 Å². The normalized spacial score (nSPS) is 64.6. The second-order valence-corrected chi connectivity index (χ2v) is 10.7. The van der Waals surface area contributed by atoms with Crippen LogP contribution < -0.4 is 0 Å². The molecule has 0 amide bonds. The van der Waals surface area contributed by atoms with Gasteiger partial charge >= 0.3 is 0 Å². The zero-order chi connectivity index (χ0) is 14.7. The molecule has 8 aliphatic carbocycles. The first-order valence-corrected chi connectivity index (χ1v) is 10.3. The molecule has 0 aromatic heterocycles. The predicted octanol–water partition coefficient (Wildman–Crippen LogP) is 5.83. The van der Waals surface area contributed by atoms with Gasteiger partial charge < -0.3 is 0 Å². The van der Waals surface area contributed by atoms with E-state index < -0.39 is 0 Å². The highest BCUT2D eigenvalue weighted by Gasteiger charge is 2.67. The second kappa shape index (κ2) is 3.86. The Morgan fingerprint density at radius 2 is 1.23 bits per heavy atom. The molecule has 0 spiro atoms. The van der Waals surface area contributed by atoms with E-state index in [-0.39, 0.29) is 0 Å². The Bertz CT molecular complexity index is 498. The Morgan fingerprint density at radius 3 is 1.77 bits per heavy atom. The molecule has 0 aliphatic heterocycles. The summed E-state index contributed by atoms with van der Waals surface area (Å²) in [5.74, 6) is 7.37. The summed E-state index contributed by atoms with van der Waals surface area (Å²) in [6, 6.07) is 0. The van der Waals surface area contributed by atoms with Crippen molar-refractivity contribution < 1.29 is 0 Å². The van der Waals surface area contributed by atoms with E-state index in [1.165, 1.54) is 25.7 Å².